The van der Waals surface area contributed by atoms with Gasteiger partial charge in [-0.2, -0.15) is 4.52 Å². The summed E-state index contributed by atoms with van der Waals surface area (Å²) in [5, 5.41) is 7.31. The number of hydrogen-bond acceptors (Lipinski definition) is 3. The van der Waals surface area contributed by atoms with Crippen molar-refractivity contribution in [2.75, 3.05) is 0 Å². The van der Waals surface area contributed by atoms with Crippen molar-refractivity contribution in [3.63, 3.8) is 0 Å². The Kier molecular flexibility index (Phi) is 0.745. The molecule has 0 aliphatic heterocycles. The van der Waals surface area contributed by atoms with Crippen LogP contribution in [-0.2, 0) is 0 Å². The smallest absolute Gasteiger partial charge is 0.201 e. The largest absolute Gasteiger partial charge is 0.234 e. The van der Waals surface area contributed by atoms with Gasteiger partial charge in [-0.1, -0.05) is 5.21 Å². The molecule has 43 valence electrons. The molecule has 4 heteroatoms. The van der Waals surface area contributed by atoms with Crippen molar-refractivity contribution in [2.45, 2.75) is 0 Å². The van der Waals surface area contributed by atoms with E-state index >= 15 is 0 Å². The fourth-order valence-corrected chi connectivity index (χ4v) is 0.636. The third-order valence-corrected chi connectivity index (χ3v) is 1.05. The van der Waals surface area contributed by atoms with Gasteiger partial charge in [-0.15, -0.1) is 5.10 Å². The highest BCUT2D eigenvalue weighted by Crippen LogP contribution is 1.92. The number of rotatable bonds is 0. The van der Waals surface area contributed by atoms with Gasteiger partial charge in [0.1, 0.15) is 0 Å². The van der Waals surface area contributed by atoms with Gasteiger partial charge in [0.2, 0.25) is 6.33 Å². The van der Waals surface area contributed by atoms with E-state index < -0.39 is 0 Å². The molecular weight excluding hydrogens is 116 g/mol. The summed E-state index contributed by atoms with van der Waals surface area (Å²) in [6, 6.07) is 1.82. The van der Waals surface area contributed by atoms with E-state index in [-0.39, 0.29) is 0 Å². The van der Waals surface area contributed by atoms with Gasteiger partial charge in [0.25, 0.3) is 0 Å². The lowest BCUT2D eigenvalue weighted by molar-refractivity contribution is 0.827. The van der Waals surface area contributed by atoms with Gasteiger partial charge in [0.15, 0.2) is 0 Å². The molecule has 0 unspecified atom stereocenters. The Bertz CT molecular complexity index is 283. The molecule has 2 heterocycles. The minimum Gasteiger partial charge on any atom is -0.234 e. The lowest BCUT2D eigenvalue weighted by Crippen LogP contribution is -1.87. The second-order valence-electron chi connectivity index (χ2n) is 1.62. The Morgan fingerprint density at radius 2 is 2.56 bits per heavy atom. The van der Waals surface area contributed by atoms with Gasteiger partial charge in [-0.25, -0.2) is 4.98 Å². The van der Waals surface area contributed by atoms with E-state index in [0.717, 1.165) is 5.52 Å². The predicted octanol–water partition coefficient (Wildman–Crippen LogP) is -0.0755. The summed E-state index contributed by atoms with van der Waals surface area (Å²) in [5.41, 5.74) is 0.907. The summed E-state index contributed by atoms with van der Waals surface area (Å²) >= 11 is 0. The molecule has 2 aromatic heterocycles. The summed E-state index contributed by atoms with van der Waals surface area (Å²) in [6.07, 6.45) is 5.93. The van der Waals surface area contributed by atoms with Gasteiger partial charge >= 0.3 is 0 Å². The van der Waals surface area contributed by atoms with Gasteiger partial charge in [0, 0.05) is 6.20 Å². The molecule has 0 aromatic carbocycles. The van der Waals surface area contributed by atoms with Crippen LogP contribution in [0.3, 0.4) is 0 Å². The van der Waals surface area contributed by atoms with Gasteiger partial charge in [-0.3, -0.25) is 0 Å². The van der Waals surface area contributed by atoms with Crippen LogP contribution >= 0.6 is 0 Å². The summed E-state index contributed by atoms with van der Waals surface area (Å²) in [4.78, 5) is 3.72. The molecule has 1 radical (unpaired) electrons. The van der Waals surface area contributed by atoms with Gasteiger partial charge in [0.05, 0.1) is 11.7 Å². The minimum atomic E-state index is 0.907. The first kappa shape index (κ1) is 4.43. The molecule has 0 bridgehead atoms. The van der Waals surface area contributed by atoms with E-state index in [2.05, 4.69) is 21.6 Å². The van der Waals surface area contributed by atoms with Crippen molar-refractivity contribution in [1.82, 2.24) is 19.8 Å². The Morgan fingerprint density at radius 1 is 1.56 bits per heavy atom. The van der Waals surface area contributed by atoms with Crippen LogP contribution < -0.4 is 0 Å². The highest BCUT2D eigenvalue weighted by atomic mass is 15.4. The average Bonchev–Trinajstić information content (AvgIpc) is 2.33. The van der Waals surface area contributed by atoms with Crippen molar-refractivity contribution in [3.8, 4) is 0 Å². The van der Waals surface area contributed by atoms with Crippen LogP contribution in [0.15, 0.2) is 18.5 Å². The van der Waals surface area contributed by atoms with Crippen LogP contribution in [0.4, 0.5) is 0 Å². The maximum Gasteiger partial charge on any atom is 0.201 e. The number of hydrogen-bond donors (Lipinski definition) is 0. The number of fused-ring (bicyclic) bond motifs is 1. The summed E-state index contributed by atoms with van der Waals surface area (Å²) < 4.78 is 1.49. The fourth-order valence-electron chi connectivity index (χ4n) is 0.636. The first-order valence-corrected chi connectivity index (χ1v) is 2.50. The van der Waals surface area contributed by atoms with E-state index in [4.69, 9.17) is 0 Å². The van der Waals surface area contributed by atoms with Crippen LogP contribution in [0.1, 0.15) is 0 Å². The summed E-state index contributed by atoms with van der Waals surface area (Å²) in [5.74, 6) is 0. The molecule has 0 fully saturated rings. The van der Waals surface area contributed by atoms with Crippen LogP contribution in [-0.4, -0.2) is 19.8 Å². The van der Waals surface area contributed by atoms with Crippen LogP contribution in [0.2, 0.25) is 0 Å². The molecule has 4 nitrogen and oxygen atoms in total. The van der Waals surface area contributed by atoms with Crippen molar-refractivity contribution >= 4 is 5.52 Å². The zero-order valence-electron chi connectivity index (χ0n) is 4.52. The van der Waals surface area contributed by atoms with Crippen LogP contribution in [0, 0.1) is 6.33 Å². The van der Waals surface area contributed by atoms with Crippen LogP contribution in [0.5, 0.6) is 0 Å². The van der Waals surface area contributed by atoms with E-state index in [0.29, 0.717) is 0 Å². The molecule has 0 aliphatic carbocycles. The SMILES string of the molecule is [c]1nccc2cnnn12. The lowest BCUT2D eigenvalue weighted by Gasteiger charge is -1.82. The fraction of sp³-hybridized carbons (Fsp3) is 0. The maximum atomic E-state index is 3.72. The van der Waals surface area contributed by atoms with Crippen molar-refractivity contribution in [1.29, 1.82) is 0 Å². The highest BCUT2D eigenvalue weighted by Gasteiger charge is 1.88. The van der Waals surface area contributed by atoms with Crippen LogP contribution in [0.25, 0.3) is 5.52 Å². The normalized spacial score (nSPS) is 10.2. The number of aromatic nitrogens is 4. The van der Waals surface area contributed by atoms with Gasteiger partial charge < -0.3 is 0 Å². The Morgan fingerprint density at radius 3 is 3.44 bits per heavy atom. The molecule has 0 amide bonds. The quantitative estimate of drug-likeness (QED) is 0.487. The van der Waals surface area contributed by atoms with E-state index in [1.54, 1.807) is 12.4 Å². The Hall–Kier alpha value is -1.45. The minimum absolute atomic E-state index is 0.907. The molecule has 9 heavy (non-hydrogen) atoms. The zero-order chi connectivity index (χ0) is 6.10. The zero-order valence-corrected chi connectivity index (χ0v) is 4.52. The molecule has 0 saturated heterocycles. The first-order chi connectivity index (χ1) is 4.47. The van der Waals surface area contributed by atoms with E-state index in [9.17, 15) is 0 Å². The van der Waals surface area contributed by atoms with E-state index in [1.165, 1.54) is 4.52 Å². The Balaban J connectivity index is 2.95. The molecule has 2 aromatic rings. The monoisotopic (exact) mass is 119 g/mol. The highest BCUT2D eigenvalue weighted by molar-refractivity contribution is 5.40. The van der Waals surface area contributed by atoms with Crippen molar-refractivity contribution < 1.29 is 0 Å². The predicted molar refractivity (Wildman–Crippen MR) is 29.6 cm³/mol. The molecular formula is C5H3N4. The third kappa shape index (κ3) is 0.561. The molecule has 0 spiro atoms. The van der Waals surface area contributed by atoms with Crippen molar-refractivity contribution in [2.24, 2.45) is 0 Å². The summed E-state index contributed by atoms with van der Waals surface area (Å²) in [6.45, 7) is 0. The molecule has 0 aliphatic rings. The molecule has 0 N–H and O–H groups in total. The topological polar surface area (TPSA) is 43.1 Å². The summed E-state index contributed by atoms with van der Waals surface area (Å²) in [7, 11) is 0. The molecule has 0 atom stereocenters. The second-order valence-corrected chi connectivity index (χ2v) is 1.62. The maximum absolute atomic E-state index is 3.72. The van der Waals surface area contributed by atoms with Crippen molar-refractivity contribution in [3.05, 3.63) is 24.8 Å². The first-order valence-electron chi connectivity index (χ1n) is 2.50. The molecule has 0 saturated carbocycles. The lowest BCUT2D eigenvalue weighted by atomic mass is 10.5. The second kappa shape index (κ2) is 1.51. The Labute approximate surface area is 51.1 Å². The van der Waals surface area contributed by atoms with Gasteiger partial charge in [-0.05, 0) is 6.07 Å². The average molecular weight is 119 g/mol. The van der Waals surface area contributed by atoms with E-state index in [1.807, 2.05) is 6.07 Å². The standard InChI is InChI=1S/C5H3N4/c1-2-6-4-9-5(1)3-7-8-9/h1-3H. The molecule has 2 rings (SSSR count). The third-order valence-electron chi connectivity index (χ3n) is 1.05. The number of nitrogens with zero attached hydrogens (tertiary/aromatic N) is 4.